The van der Waals surface area contributed by atoms with Crippen molar-refractivity contribution in [2.75, 3.05) is 12.4 Å². The summed E-state index contributed by atoms with van der Waals surface area (Å²) < 4.78 is 23.1. The number of carbonyl (C=O) groups excluding carboxylic acids is 1. The maximum atomic E-state index is 12.9. The fourth-order valence-electron chi connectivity index (χ4n) is 2.11. The molecule has 6 nitrogen and oxygen atoms in total. The summed E-state index contributed by atoms with van der Waals surface area (Å²) >= 11 is 0. The number of rotatable bonds is 5. The van der Waals surface area contributed by atoms with Gasteiger partial charge in [-0.2, -0.15) is 4.98 Å². The highest BCUT2D eigenvalue weighted by Crippen LogP contribution is 2.18. The van der Waals surface area contributed by atoms with Crippen molar-refractivity contribution in [1.82, 2.24) is 10.1 Å². The lowest BCUT2D eigenvalue weighted by Gasteiger charge is -2.07. The molecule has 0 saturated heterocycles. The van der Waals surface area contributed by atoms with E-state index in [0.29, 0.717) is 22.6 Å². The molecule has 2 aromatic carbocycles. The lowest BCUT2D eigenvalue weighted by molar-refractivity contribution is 0.0431. The summed E-state index contributed by atoms with van der Waals surface area (Å²) in [5, 5.41) is 6.71. The minimum Gasteiger partial charge on any atom is -0.452 e. The average Bonchev–Trinajstić information content (AvgIpc) is 3.09. The summed E-state index contributed by atoms with van der Waals surface area (Å²) in [6.07, 6.45) is 0. The third kappa shape index (κ3) is 3.40. The predicted molar refractivity (Wildman–Crippen MR) is 84.8 cm³/mol. The van der Waals surface area contributed by atoms with Gasteiger partial charge in [-0.15, -0.1) is 0 Å². The highest BCUT2D eigenvalue weighted by molar-refractivity contribution is 5.95. The monoisotopic (exact) mass is 327 g/mol. The standard InChI is InChI=1S/C17H14FN3O3/c1-19-14-5-3-2-4-13(14)17(22)23-10-15-20-16(21-24-15)11-6-8-12(18)9-7-11/h2-9,19H,10H2,1H3. The first-order valence-corrected chi connectivity index (χ1v) is 7.20. The van der Waals surface area contributed by atoms with E-state index in [1.165, 1.54) is 12.1 Å². The van der Waals surface area contributed by atoms with Gasteiger partial charge in [0.2, 0.25) is 5.82 Å². The quantitative estimate of drug-likeness (QED) is 0.725. The van der Waals surface area contributed by atoms with Crippen LogP contribution in [0.5, 0.6) is 0 Å². The van der Waals surface area contributed by atoms with Crippen LogP contribution in [0.3, 0.4) is 0 Å². The zero-order valence-corrected chi connectivity index (χ0v) is 12.8. The Morgan fingerprint density at radius 2 is 1.96 bits per heavy atom. The third-order valence-electron chi connectivity index (χ3n) is 3.31. The van der Waals surface area contributed by atoms with Gasteiger partial charge in [-0.3, -0.25) is 0 Å². The van der Waals surface area contributed by atoms with Crippen molar-refractivity contribution >= 4 is 11.7 Å². The maximum absolute atomic E-state index is 12.9. The Morgan fingerprint density at radius 3 is 2.71 bits per heavy atom. The van der Waals surface area contributed by atoms with Crippen LogP contribution in [-0.4, -0.2) is 23.2 Å². The number of aromatic nitrogens is 2. The fraction of sp³-hybridized carbons (Fsp3) is 0.118. The Kier molecular flexibility index (Phi) is 4.51. The Balaban J connectivity index is 1.67. The molecule has 1 N–H and O–H groups in total. The summed E-state index contributed by atoms with van der Waals surface area (Å²) in [6, 6.07) is 12.7. The second-order valence-electron chi connectivity index (χ2n) is 4.89. The highest BCUT2D eigenvalue weighted by atomic mass is 19.1. The number of benzene rings is 2. The van der Waals surface area contributed by atoms with E-state index in [2.05, 4.69) is 15.5 Å². The van der Waals surface area contributed by atoms with Crippen LogP contribution >= 0.6 is 0 Å². The first-order chi connectivity index (χ1) is 11.7. The van der Waals surface area contributed by atoms with E-state index in [1.807, 2.05) is 6.07 Å². The van der Waals surface area contributed by atoms with E-state index in [9.17, 15) is 9.18 Å². The van der Waals surface area contributed by atoms with Gasteiger partial charge in [-0.1, -0.05) is 17.3 Å². The molecule has 122 valence electrons. The number of hydrogen-bond donors (Lipinski definition) is 1. The van der Waals surface area contributed by atoms with Gasteiger partial charge in [0.25, 0.3) is 5.89 Å². The number of halogens is 1. The van der Waals surface area contributed by atoms with E-state index < -0.39 is 5.97 Å². The van der Waals surface area contributed by atoms with Crippen molar-refractivity contribution in [2.45, 2.75) is 6.61 Å². The summed E-state index contributed by atoms with van der Waals surface area (Å²) in [6.45, 7) is -0.148. The van der Waals surface area contributed by atoms with E-state index in [0.717, 1.165) is 0 Å². The van der Waals surface area contributed by atoms with E-state index in [1.54, 1.807) is 37.4 Å². The molecule has 0 atom stereocenters. The number of nitrogens with one attached hydrogen (secondary N) is 1. The molecule has 0 aliphatic heterocycles. The molecule has 3 rings (SSSR count). The normalized spacial score (nSPS) is 10.4. The van der Waals surface area contributed by atoms with Crippen LogP contribution in [0.4, 0.5) is 10.1 Å². The van der Waals surface area contributed by atoms with Gasteiger partial charge < -0.3 is 14.6 Å². The summed E-state index contributed by atoms with van der Waals surface area (Å²) in [7, 11) is 1.72. The fourth-order valence-corrected chi connectivity index (χ4v) is 2.11. The van der Waals surface area contributed by atoms with Crippen molar-refractivity contribution in [3.63, 3.8) is 0 Å². The largest absolute Gasteiger partial charge is 0.452 e. The molecule has 0 aliphatic carbocycles. The van der Waals surface area contributed by atoms with Gasteiger partial charge in [-0.25, -0.2) is 9.18 Å². The summed E-state index contributed by atoms with van der Waals surface area (Å²) in [4.78, 5) is 16.2. The van der Waals surface area contributed by atoms with Crippen molar-refractivity contribution in [3.8, 4) is 11.4 Å². The van der Waals surface area contributed by atoms with Crippen LogP contribution in [0.15, 0.2) is 53.1 Å². The van der Waals surface area contributed by atoms with E-state index >= 15 is 0 Å². The maximum Gasteiger partial charge on any atom is 0.340 e. The minimum atomic E-state index is -0.499. The molecule has 24 heavy (non-hydrogen) atoms. The summed E-state index contributed by atoms with van der Waals surface area (Å²) in [5.41, 5.74) is 1.69. The van der Waals surface area contributed by atoms with Gasteiger partial charge >= 0.3 is 5.97 Å². The first-order valence-electron chi connectivity index (χ1n) is 7.20. The zero-order chi connectivity index (χ0) is 16.9. The molecule has 1 heterocycles. The van der Waals surface area contributed by atoms with E-state index in [4.69, 9.17) is 9.26 Å². The van der Waals surface area contributed by atoms with Crippen molar-refractivity contribution < 1.29 is 18.4 Å². The van der Waals surface area contributed by atoms with Crippen LogP contribution in [-0.2, 0) is 11.3 Å². The molecule has 1 aromatic heterocycles. The number of ether oxygens (including phenoxy) is 1. The molecule has 0 saturated carbocycles. The van der Waals surface area contributed by atoms with Gasteiger partial charge in [0.15, 0.2) is 6.61 Å². The number of anilines is 1. The molecule has 0 bridgehead atoms. The van der Waals surface area contributed by atoms with Crippen molar-refractivity contribution in [2.24, 2.45) is 0 Å². The zero-order valence-electron chi connectivity index (χ0n) is 12.8. The van der Waals surface area contributed by atoms with E-state index in [-0.39, 0.29) is 18.3 Å². The predicted octanol–water partition coefficient (Wildman–Crippen LogP) is 3.27. The Morgan fingerprint density at radius 1 is 1.21 bits per heavy atom. The molecule has 0 aliphatic rings. The first kappa shape index (κ1) is 15.7. The minimum absolute atomic E-state index is 0.148. The molecule has 0 spiro atoms. The molecular weight excluding hydrogens is 313 g/mol. The molecule has 0 unspecified atom stereocenters. The second kappa shape index (κ2) is 6.91. The Labute approximate surface area is 137 Å². The van der Waals surface area contributed by atoms with Gasteiger partial charge in [-0.05, 0) is 36.4 Å². The van der Waals surface area contributed by atoms with Gasteiger partial charge in [0.1, 0.15) is 5.82 Å². The lowest BCUT2D eigenvalue weighted by Crippen LogP contribution is -2.08. The van der Waals surface area contributed by atoms with Crippen LogP contribution in [0.1, 0.15) is 16.2 Å². The molecule has 0 fully saturated rings. The smallest absolute Gasteiger partial charge is 0.340 e. The highest BCUT2D eigenvalue weighted by Gasteiger charge is 2.14. The molecule has 7 heteroatoms. The number of para-hydroxylation sites is 1. The van der Waals surface area contributed by atoms with Crippen LogP contribution in [0.25, 0.3) is 11.4 Å². The average molecular weight is 327 g/mol. The number of nitrogens with zero attached hydrogens (tertiary/aromatic N) is 2. The SMILES string of the molecule is CNc1ccccc1C(=O)OCc1nc(-c2ccc(F)cc2)no1. The number of esters is 1. The molecule has 0 radical (unpaired) electrons. The summed E-state index contributed by atoms with van der Waals surface area (Å²) in [5.74, 6) is -0.387. The van der Waals surface area contributed by atoms with Crippen LogP contribution in [0.2, 0.25) is 0 Å². The molecule has 0 amide bonds. The van der Waals surface area contributed by atoms with Gasteiger partial charge in [0, 0.05) is 18.3 Å². The lowest BCUT2D eigenvalue weighted by atomic mass is 10.2. The third-order valence-corrected chi connectivity index (χ3v) is 3.31. The van der Waals surface area contributed by atoms with Gasteiger partial charge in [0.05, 0.1) is 5.56 Å². The topological polar surface area (TPSA) is 77.2 Å². The molecular formula is C17H14FN3O3. The van der Waals surface area contributed by atoms with Crippen molar-refractivity contribution in [1.29, 1.82) is 0 Å². The molecule has 3 aromatic rings. The Bertz CT molecular complexity index is 846. The second-order valence-corrected chi connectivity index (χ2v) is 4.89. The van der Waals surface area contributed by atoms with Crippen molar-refractivity contribution in [3.05, 3.63) is 65.8 Å². The Hall–Kier alpha value is -3.22. The number of carbonyl (C=O) groups is 1. The van der Waals surface area contributed by atoms with Crippen LogP contribution in [0, 0.1) is 5.82 Å². The number of hydrogen-bond acceptors (Lipinski definition) is 6. The van der Waals surface area contributed by atoms with Crippen LogP contribution < -0.4 is 5.32 Å².